The number of carbonyl (C=O) groups is 1. The van der Waals surface area contributed by atoms with E-state index in [9.17, 15) is 4.79 Å². The van der Waals surface area contributed by atoms with E-state index in [2.05, 4.69) is 15.9 Å². The summed E-state index contributed by atoms with van der Waals surface area (Å²) in [6, 6.07) is 15.5. The summed E-state index contributed by atoms with van der Waals surface area (Å²) in [5, 5.41) is 13.3. The zero-order valence-corrected chi connectivity index (χ0v) is 10.9. The number of fused-ring (bicyclic) bond motifs is 3. The monoisotopic (exact) mass is 300 g/mol. The molecular weight excluding hydrogens is 292 g/mol. The second-order valence-electron chi connectivity index (χ2n) is 4.12. The van der Waals surface area contributed by atoms with E-state index in [1.165, 1.54) is 0 Å². The molecule has 0 unspecified atom stereocenters. The average molecular weight is 301 g/mol. The van der Waals surface area contributed by atoms with Crippen molar-refractivity contribution in [1.82, 2.24) is 0 Å². The first-order valence-electron chi connectivity index (χ1n) is 5.52. The van der Waals surface area contributed by atoms with E-state index < -0.39 is 5.97 Å². The minimum absolute atomic E-state index is 0.291. The summed E-state index contributed by atoms with van der Waals surface area (Å²) in [5.74, 6) is -0.920. The predicted molar refractivity (Wildman–Crippen MR) is 76.1 cm³/mol. The Bertz CT molecular complexity index is 778. The van der Waals surface area contributed by atoms with Gasteiger partial charge >= 0.3 is 5.97 Å². The minimum Gasteiger partial charge on any atom is -0.478 e. The number of halogens is 1. The summed E-state index contributed by atoms with van der Waals surface area (Å²) in [5.41, 5.74) is 0.291. The molecular formula is C15H9BrO2. The molecule has 0 bridgehead atoms. The normalized spacial score (nSPS) is 10.9. The quantitative estimate of drug-likeness (QED) is 0.674. The molecule has 0 saturated carbocycles. The Hall–Kier alpha value is -1.87. The number of hydrogen-bond acceptors (Lipinski definition) is 1. The molecule has 0 radical (unpaired) electrons. The Labute approximate surface area is 112 Å². The molecule has 0 fully saturated rings. The molecule has 0 spiro atoms. The summed E-state index contributed by atoms with van der Waals surface area (Å²) >= 11 is 3.42. The van der Waals surface area contributed by atoms with Crippen LogP contribution in [0.1, 0.15) is 10.4 Å². The van der Waals surface area contributed by atoms with E-state index in [4.69, 9.17) is 5.11 Å². The Morgan fingerprint density at radius 1 is 0.944 bits per heavy atom. The fourth-order valence-electron chi connectivity index (χ4n) is 2.22. The molecule has 0 aromatic heterocycles. The molecule has 0 atom stereocenters. The van der Waals surface area contributed by atoms with Gasteiger partial charge in [0.2, 0.25) is 0 Å². The molecule has 18 heavy (non-hydrogen) atoms. The fourth-order valence-corrected chi connectivity index (χ4v) is 2.96. The highest BCUT2D eigenvalue weighted by atomic mass is 79.9. The molecule has 3 rings (SSSR count). The first kappa shape index (κ1) is 11.2. The van der Waals surface area contributed by atoms with Crippen molar-refractivity contribution in [3.05, 3.63) is 58.6 Å². The molecule has 2 nitrogen and oxygen atoms in total. The van der Waals surface area contributed by atoms with Crippen LogP contribution in [0.25, 0.3) is 21.5 Å². The average Bonchev–Trinajstić information content (AvgIpc) is 2.38. The van der Waals surface area contributed by atoms with Gasteiger partial charge in [0.15, 0.2) is 0 Å². The van der Waals surface area contributed by atoms with Gasteiger partial charge in [-0.2, -0.15) is 0 Å². The lowest BCUT2D eigenvalue weighted by Crippen LogP contribution is -1.97. The second-order valence-corrected chi connectivity index (χ2v) is 4.91. The zero-order chi connectivity index (χ0) is 12.7. The van der Waals surface area contributed by atoms with Crippen LogP contribution in [-0.4, -0.2) is 11.1 Å². The molecule has 1 N–H and O–H groups in total. The van der Waals surface area contributed by atoms with Crippen LogP contribution < -0.4 is 0 Å². The van der Waals surface area contributed by atoms with E-state index in [1.807, 2.05) is 42.5 Å². The van der Waals surface area contributed by atoms with Crippen LogP contribution in [0.4, 0.5) is 0 Å². The summed E-state index contributed by atoms with van der Waals surface area (Å²) in [6.45, 7) is 0. The van der Waals surface area contributed by atoms with Gasteiger partial charge in [-0.25, -0.2) is 4.79 Å². The van der Waals surface area contributed by atoms with E-state index in [0.717, 1.165) is 21.5 Å². The highest BCUT2D eigenvalue weighted by molar-refractivity contribution is 9.10. The molecule has 0 aliphatic heterocycles. The molecule has 88 valence electrons. The van der Waals surface area contributed by atoms with Gasteiger partial charge < -0.3 is 5.11 Å². The Morgan fingerprint density at radius 3 is 2.39 bits per heavy atom. The molecule has 0 aliphatic rings. The first-order chi connectivity index (χ1) is 8.68. The van der Waals surface area contributed by atoms with Gasteiger partial charge in [0.1, 0.15) is 0 Å². The lowest BCUT2D eigenvalue weighted by Gasteiger charge is -2.08. The van der Waals surface area contributed by atoms with Gasteiger partial charge in [-0.1, -0.05) is 42.5 Å². The lowest BCUT2D eigenvalue weighted by atomic mass is 10.00. The van der Waals surface area contributed by atoms with Crippen molar-refractivity contribution in [3.63, 3.8) is 0 Å². The maximum absolute atomic E-state index is 11.2. The standard InChI is InChI=1S/C15H9BrO2/c16-14-12(15(17)18)8-7-10-6-5-9-3-1-2-4-11(9)13(10)14/h1-8H,(H,17,18). The smallest absolute Gasteiger partial charge is 0.336 e. The number of aromatic carboxylic acids is 1. The number of carboxylic acids is 1. The Balaban J connectivity index is 2.55. The lowest BCUT2D eigenvalue weighted by molar-refractivity contribution is 0.0696. The van der Waals surface area contributed by atoms with Crippen molar-refractivity contribution in [3.8, 4) is 0 Å². The van der Waals surface area contributed by atoms with Crippen LogP contribution in [0, 0.1) is 0 Å². The maximum atomic E-state index is 11.2. The predicted octanol–water partition coefficient (Wildman–Crippen LogP) is 4.45. The van der Waals surface area contributed by atoms with Gasteiger partial charge in [0.05, 0.1) is 5.56 Å². The first-order valence-corrected chi connectivity index (χ1v) is 6.31. The van der Waals surface area contributed by atoms with Crippen LogP contribution in [0.2, 0.25) is 0 Å². The highest BCUT2D eigenvalue weighted by Gasteiger charge is 2.12. The molecule has 0 aliphatic carbocycles. The summed E-state index contributed by atoms with van der Waals surface area (Å²) in [6.07, 6.45) is 0. The van der Waals surface area contributed by atoms with Crippen molar-refractivity contribution in [2.45, 2.75) is 0 Å². The van der Waals surface area contributed by atoms with Gasteiger partial charge in [-0.05, 0) is 38.2 Å². The third-order valence-electron chi connectivity index (χ3n) is 3.08. The molecule has 3 aromatic carbocycles. The SMILES string of the molecule is O=C(O)c1ccc2ccc3ccccc3c2c1Br. The van der Waals surface area contributed by atoms with Crippen LogP contribution in [0.15, 0.2) is 53.0 Å². The van der Waals surface area contributed by atoms with Crippen molar-refractivity contribution < 1.29 is 9.90 Å². The van der Waals surface area contributed by atoms with Crippen LogP contribution in [0.3, 0.4) is 0 Å². The van der Waals surface area contributed by atoms with Crippen LogP contribution >= 0.6 is 15.9 Å². The van der Waals surface area contributed by atoms with Gasteiger partial charge in [0.25, 0.3) is 0 Å². The van der Waals surface area contributed by atoms with Crippen LogP contribution in [-0.2, 0) is 0 Å². The third-order valence-corrected chi connectivity index (χ3v) is 3.90. The van der Waals surface area contributed by atoms with Crippen LogP contribution in [0.5, 0.6) is 0 Å². The molecule has 3 aromatic rings. The van der Waals surface area contributed by atoms with E-state index in [1.54, 1.807) is 6.07 Å². The number of hydrogen-bond donors (Lipinski definition) is 1. The Kier molecular flexibility index (Phi) is 2.56. The zero-order valence-electron chi connectivity index (χ0n) is 9.35. The van der Waals surface area contributed by atoms with Crippen molar-refractivity contribution in [2.24, 2.45) is 0 Å². The van der Waals surface area contributed by atoms with E-state index in [0.29, 0.717) is 10.0 Å². The third kappa shape index (κ3) is 1.59. The van der Waals surface area contributed by atoms with Gasteiger partial charge in [-0.3, -0.25) is 0 Å². The Morgan fingerprint density at radius 2 is 1.61 bits per heavy atom. The second kappa shape index (κ2) is 4.10. The van der Waals surface area contributed by atoms with Gasteiger partial charge in [-0.15, -0.1) is 0 Å². The van der Waals surface area contributed by atoms with Crippen molar-refractivity contribution in [2.75, 3.05) is 0 Å². The molecule has 3 heteroatoms. The maximum Gasteiger partial charge on any atom is 0.336 e. The van der Waals surface area contributed by atoms with Crippen molar-refractivity contribution in [1.29, 1.82) is 0 Å². The van der Waals surface area contributed by atoms with Crippen molar-refractivity contribution >= 4 is 43.4 Å². The highest BCUT2D eigenvalue weighted by Crippen LogP contribution is 2.33. The molecule has 0 heterocycles. The summed E-state index contributed by atoms with van der Waals surface area (Å²) < 4.78 is 0.643. The number of carboxylic acid groups (broad SMARTS) is 1. The largest absolute Gasteiger partial charge is 0.478 e. The molecule has 0 saturated heterocycles. The minimum atomic E-state index is -0.920. The fraction of sp³-hybridized carbons (Fsp3) is 0. The van der Waals surface area contributed by atoms with E-state index in [-0.39, 0.29) is 0 Å². The molecule has 0 amide bonds. The number of rotatable bonds is 1. The summed E-state index contributed by atoms with van der Waals surface area (Å²) in [4.78, 5) is 11.2. The van der Waals surface area contributed by atoms with Gasteiger partial charge in [0, 0.05) is 9.86 Å². The topological polar surface area (TPSA) is 37.3 Å². The summed E-state index contributed by atoms with van der Waals surface area (Å²) in [7, 11) is 0. The number of benzene rings is 3. The van der Waals surface area contributed by atoms with E-state index >= 15 is 0 Å².